The third kappa shape index (κ3) is 4.48. The van der Waals surface area contributed by atoms with Crippen molar-refractivity contribution in [1.29, 1.82) is 0 Å². The van der Waals surface area contributed by atoms with E-state index >= 15 is 0 Å². The van der Waals surface area contributed by atoms with Gasteiger partial charge >= 0.3 is 172 Å². The van der Waals surface area contributed by atoms with E-state index in [-0.39, 0.29) is 5.69 Å². The number of aromatic amines is 1. The molecule has 2 aromatic carbocycles. The summed E-state index contributed by atoms with van der Waals surface area (Å²) in [7, 11) is 3.03. The van der Waals surface area contributed by atoms with E-state index in [0.717, 1.165) is 12.1 Å². The predicted octanol–water partition coefficient (Wildman–Crippen LogP) is 4.43. The van der Waals surface area contributed by atoms with Gasteiger partial charge in [-0.3, -0.25) is 0 Å². The van der Waals surface area contributed by atoms with Crippen molar-refractivity contribution in [3.05, 3.63) is 45.8 Å². The van der Waals surface area contributed by atoms with Crippen LogP contribution in [0.4, 0.5) is 24.7 Å². The minimum absolute atomic E-state index is 0.0311. The number of hydrogen-bond acceptors (Lipinski definition) is 5. The Hall–Kier alpha value is -2.72. The third-order valence-electron chi connectivity index (χ3n) is 4.37. The molecule has 0 spiro atoms. The number of H-pyrrole nitrogens is 1. The second-order valence-electron chi connectivity index (χ2n) is 6.36. The fraction of sp³-hybridized carbons (Fsp3) is 0.263. The number of halogens is 3. The standard InChI is InChI=1S/C19H19F3N4O2.Co/c1-10(11-4-12(19(20,21)22)6-13(23)5-11)26-18-14-7-16(27-2)17(28-3)8-15(14)24-9-25-18;/h4-8,10,24H,23H2,1-3H3,(H,25,26);. The molecule has 10 heteroatoms. The van der Waals surface area contributed by atoms with Crippen molar-refractivity contribution in [2.45, 2.75) is 19.1 Å². The van der Waals surface area contributed by atoms with E-state index in [2.05, 4.69) is 30.6 Å². The van der Waals surface area contributed by atoms with Crippen molar-refractivity contribution in [2.24, 2.45) is 0 Å². The number of nitrogens with two attached hydrogens (primary N) is 1. The predicted molar refractivity (Wildman–Crippen MR) is 100 cm³/mol. The van der Waals surface area contributed by atoms with Crippen LogP contribution in [0, 0.1) is 4.36 Å². The molecular weight excluding hydrogens is 432 g/mol. The summed E-state index contributed by atoms with van der Waals surface area (Å²) in [6, 6.07) is 6.40. The molecule has 0 fully saturated rings. The monoisotopic (exact) mass is 451 g/mol. The fourth-order valence-electron chi connectivity index (χ4n) is 2.95. The first-order valence-electron chi connectivity index (χ1n) is 8.49. The summed E-state index contributed by atoms with van der Waals surface area (Å²) >= 11 is 4.33. The van der Waals surface area contributed by atoms with E-state index in [9.17, 15) is 13.2 Å². The van der Waals surface area contributed by atoms with Gasteiger partial charge in [0.05, 0.1) is 0 Å². The molecule has 0 saturated heterocycles. The maximum atomic E-state index is 13.1. The Kier molecular flexibility index (Phi) is 5.76. The number of aromatic nitrogens is 2. The summed E-state index contributed by atoms with van der Waals surface area (Å²) in [5.74, 6) is 1.42. The van der Waals surface area contributed by atoms with Crippen molar-refractivity contribution in [2.75, 3.05) is 25.3 Å². The van der Waals surface area contributed by atoms with Gasteiger partial charge in [0.25, 0.3) is 0 Å². The minimum atomic E-state index is -4.49. The van der Waals surface area contributed by atoms with Gasteiger partial charge in [0.1, 0.15) is 0 Å². The van der Waals surface area contributed by atoms with Gasteiger partial charge in [0, 0.05) is 0 Å². The molecule has 0 aliphatic heterocycles. The van der Waals surface area contributed by atoms with Crippen LogP contribution in [0.2, 0.25) is 0 Å². The molecule has 0 saturated carbocycles. The molecule has 0 amide bonds. The van der Waals surface area contributed by atoms with E-state index in [1.807, 2.05) is 0 Å². The molecule has 0 bridgehead atoms. The fourth-order valence-corrected chi connectivity index (χ4v) is 3.21. The molecular formula is C19H19CoF3N4O2. The Morgan fingerprint density at radius 1 is 1.10 bits per heavy atom. The normalized spacial score (nSPS) is 12.7. The number of alkyl halides is 3. The SMILES string of the molecule is COc1cc2[nH][c](=[Co])nc(NC(C)c3cc(N)cc(C(F)(F)F)c3)c2cc1OC. The van der Waals surface area contributed by atoms with Crippen LogP contribution >= 0.6 is 0 Å². The Labute approximate surface area is 172 Å². The van der Waals surface area contributed by atoms with Gasteiger partial charge in [-0.25, -0.2) is 0 Å². The van der Waals surface area contributed by atoms with Crippen molar-refractivity contribution >= 4 is 22.4 Å². The molecule has 157 valence electrons. The summed E-state index contributed by atoms with van der Waals surface area (Å²) in [4.78, 5) is 7.35. The average Bonchev–Trinajstić information content (AvgIpc) is 2.65. The van der Waals surface area contributed by atoms with Gasteiger partial charge in [0.15, 0.2) is 0 Å². The molecule has 1 aromatic heterocycles. The number of fused-ring (bicyclic) bond motifs is 1. The maximum absolute atomic E-state index is 13.1. The van der Waals surface area contributed by atoms with Crippen LogP contribution in [0.5, 0.6) is 11.5 Å². The molecule has 0 radical (unpaired) electrons. The molecule has 29 heavy (non-hydrogen) atoms. The summed E-state index contributed by atoms with van der Waals surface area (Å²) < 4.78 is 50.3. The molecule has 3 aromatic rings. The van der Waals surface area contributed by atoms with Gasteiger partial charge in [-0.2, -0.15) is 0 Å². The van der Waals surface area contributed by atoms with Crippen LogP contribution in [0.1, 0.15) is 24.1 Å². The van der Waals surface area contributed by atoms with E-state index < -0.39 is 17.8 Å². The molecule has 3 rings (SSSR count). The topological polar surface area (TPSA) is 85.2 Å². The number of nitrogens with zero attached hydrogens (tertiary/aromatic N) is 1. The Balaban J connectivity index is 2.06. The number of methoxy groups -OCH3 is 2. The number of nitrogens with one attached hydrogen (secondary N) is 2. The molecule has 1 heterocycles. The molecule has 0 aliphatic carbocycles. The second-order valence-corrected chi connectivity index (χ2v) is 6.85. The summed E-state index contributed by atoms with van der Waals surface area (Å²) in [5.41, 5.74) is 5.95. The van der Waals surface area contributed by atoms with E-state index in [0.29, 0.717) is 38.1 Å². The van der Waals surface area contributed by atoms with E-state index in [4.69, 9.17) is 15.2 Å². The van der Waals surface area contributed by atoms with Gasteiger partial charge in [-0.1, -0.05) is 0 Å². The van der Waals surface area contributed by atoms with E-state index in [1.54, 1.807) is 19.1 Å². The summed E-state index contributed by atoms with van der Waals surface area (Å²) in [5, 5.41) is 3.79. The zero-order chi connectivity index (χ0) is 21.3. The van der Waals surface area contributed by atoms with Crippen LogP contribution in [-0.2, 0) is 21.5 Å². The van der Waals surface area contributed by atoms with Gasteiger partial charge < -0.3 is 0 Å². The number of benzene rings is 2. The van der Waals surface area contributed by atoms with Crippen LogP contribution in [-0.4, -0.2) is 24.2 Å². The average molecular weight is 451 g/mol. The van der Waals surface area contributed by atoms with Crippen LogP contribution in [0.25, 0.3) is 10.9 Å². The Morgan fingerprint density at radius 3 is 2.38 bits per heavy atom. The van der Waals surface area contributed by atoms with Crippen LogP contribution in [0.3, 0.4) is 0 Å². The zero-order valence-corrected chi connectivity index (χ0v) is 16.8. The number of hydrogen-bond donors (Lipinski definition) is 3. The third-order valence-corrected chi connectivity index (χ3v) is 4.62. The Bertz CT molecular complexity index is 1120. The molecule has 1 atom stereocenters. The zero-order valence-electron chi connectivity index (χ0n) is 15.8. The van der Waals surface area contributed by atoms with Crippen molar-refractivity contribution in [3.8, 4) is 11.5 Å². The van der Waals surface area contributed by atoms with Gasteiger partial charge in [0.2, 0.25) is 0 Å². The first-order valence-corrected chi connectivity index (χ1v) is 9.01. The van der Waals surface area contributed by atoms with Gasteiger partial charge in [-0.15, -0.1) is 0 Å². The Morgan fingerprint density at radius 2 is 1.76 bits per heavy atom. The van der Waals surface area contributed by atoms with Crippen LogP contribution in [0.15, 0.2) is 30.3 Å². The molecule has 6 nitrogen and oxygen atoms in total. The molecule has 1 unspecified atom stereocenters. The van der Waals surface area contributed by atoms with Crippen molar-refractivity contribution in [3.63, 3.8) is 0 Å². The first kappa shape index (κ1) is 21.0. The summed E-state index contributed by atoms with van der Waals surface area (Å²) in [6.07, 6.45) is -4.49. The number of anilines is 2. The van der Waals surface area contributed by atoms with Crippen LogP contribution < -0.4 is 20.5 Å². The molecule has 4 N–H and O–H groups in total. The number of ether oxygens (including phenoxy) is 2. The van der Waals surface area contributed by atoms with E-state index in [1.165, 1.54) is 20.3 Å². The summed E-state index contributed by atoms with van der Waals surface area (Å²) in [6.45, 7) is 1.72. The number of nitrogen functional groups attached to an aromatic ring is 1. The second kappa shape index (κ2) is 7.95. The number of rotatable bonds is 5. The first-order chi connectivity index (χ1) is 13.6. The molecule has 0 aliphatic rings. The van der Waals surface area contributed by atoms with Crippen molar-refractivity contribution < 1.29 is 37.9 Å². The van der Waals surface area contributed by atoms with Gasteiger partial charge in [-0.05, 0) is 0 Å². The van der Waals surface area contributed by atoms with Crippen molar-refractivity contribution in [1.82, 2.24) is 9.97 Å². The quantitative estimate of drug-likeness (QED) is 0.500.